The van der Waals surface area contributed by atoms with E-state index < -0.39 is 0 Å². The summed E-state index contributed by atoms with van der Waals surface area (Å²) >= 11 is 3.46. The molecule has 1 unspecified atom stereocenters. The molecule has 2 rings (SSSR count). The summed E-state index contributed by atoms with van der Waals surface area (Å²) in [7, 11) is 0. The van der Waals surface area contributed by atoms with Crippen molar-refractivity contribution in [3.05, 3.63) is 35.4 Å². The molecule has 0 heterocycles. The largest absolute Gasteiger partial charge is 0.340 e. The Hall–Kier alpha value is -0.830. The second-order valence-corrected chi connectivity index (χ2v) is 6.67. The zero-order valence-corrected chi connectivity index (χ0v) is 14.0. The average Bonchev–Trinajstić information content (AvgIpc) is 2.46. The molecule has 0 aromatic heterocycles. The van der Waals surface area contributed by atoms with Gasteiger partial charge in [-0.05, 0) is 50.7 Å². The van der Waals surface area contributed by atoms with Crippen LogP contribution >= 0.6 is 15.9 Å². The van der Waals surface area contributed by atoms with Crippen LogP contribution < -0.4 is 0 Å². The highest BCUT2D eigenvalue weighted by atomic mass is 79.9. The fourth-order valence-electron chi connectivity index (χ4n) is 3.00. The highest BCUT2D eigenvalue weighted by Gasteiger charge is 2.29. The molecular formula is C17H24BrNO. The lowest BCUT2D eigenvalue weighted by Crippen LogP contribution is -2.43. The lowest BCUT2D eigenvalue weighted by atomic mass is 9.83. The van der Waals surface area contributed by atoms with E-state index >= 15 is 0 Å². The summed E-state index contributed by atoms with van der Waals surface area (Å²) in [5.41, 5.74) is 2.79. The number of carbonyl (C=O) groups is 1. The van der Waals surface area contributed by atoms with Gasteiger partial charge in [0, 0.05) is 23.8 Å². The van der Waals surface area contributed by atoms with E-state index in [1.165, 1.54) is 11.1 Å². The molecule has 0 fully saturated rings. The number of amides is 1. The standard InChI is InChI=1S/C17H24BrNO/c1-13(2)19(11-5-10-18)17(20)16-9-8-14-6-3-4-7-15(14)12-16/h3-4,6-7,13,16H,5,8-12H2,1-2H3. The van der Waals surface area contributed by atoms with Crippen molar-refractivity contribution in [1.29, 1.82) is 0 Å². The van der Waals surface area contributed by atoms with E-state index in [-0.39, 0.29) is 5.92 Å². The molecule has 1 atom stereocenters. The fraction of sp³-hybridized carbons (Fsp3) is 0.588. The monoisotopic (exact) mass is 337 g/mol. The lowest BCUT2D eigenvalue weighted by Gasteiger charge is -2.33. The maximum atomic E-state index is 12.8. The summed E-state index contributed by atoms with van der Waals surface area (Å²) in [5.74, 6) is 0.512. The van der Waals surface area contributed by atoms with Crippen LogP contribution in [0.15, 0.2) is 24.3 Å². The lowest BCUT2D eigenvalue weighted by molar-refractivity contribution is -0.137. The number of benzene rings is 1. The molecule has 110 valence electrons. The minimum absolute atomic E-state index is 0.169. The van der Waals surface area contributed by atoms with Gasteiger partial charge < -0.3 is 4.90 Å². The van der Waals surface area contributed by atoms with Crippen LogP contribution in [0.2, 0.25) is 0 Å². The number of nitrogens with zero attached hydrogens (tertiary/aromatic N) is 1. The van der Waals surface area contributed by atoms with E-state index in [0.717, 1.165) is 37.6 Å². The molecule has 0 spiro atoms. The summed E-state index contributed by atoms with van der Waals surface area (Å²) in [4.78, 5) is 14.8. The van der Waals surface area contributed by atoms with Gasteiger partial charge >= 0.3 is 0 Å². The minimum Gasteiger partial charge on any atom is -0.340 e. The quantitative estimate of drug-likeness (QED) is 0.748. The molecule has 0 aliphatic heterocycles. The second kappa shape index (κ2) is 7.26. The number of hydrogen-bond acceptors (Lipinski definition) is 1. The van der Waals surface area contributed by atoms with Crippen molar-refractivity contribution in [2.24, 2.45) is 5.92 Å². The molecule has 0 radical (unpaired) electrons. The molecule has 3 heteroatoms. The van der Waals surface area contributed by atoms with E-state index in [0.29, 0.717) is 11.9 Å². The smallest absolute Gasteiger partial charge is 0.226 e. The third-order valence-electron chi connectivity index (χ3n) is 4.14. The van der Waals surface area contributed by atoms with Crippen LogP contribution in [0.3, 0.4) is 0 Å². The number of hydrogen-bond donors (Lipinski definition) is 0. The summed E-state index contributed by atoms with van der Waals surface area (Å²) in [6.07, 6.45) is 3.96. The Morgan fingerprint density at radius 1 is 1.35 bits per heavy atom. The van der Waals surface area contributed by atoms with Gasteiger partial charge in [-0.1, -0.05) is 40.2 Å². The minimum atomic E-state index is 0.169. The van der Waals surface area contributed by atoms with Crippen LogP contribution in [0.5, 0.6) is 0 Å². The van der Waals surface area contributed by atoms with Crippen molar-refractivity contribution in [3.8, 4) is 0 Å². The molecule has 2 nitrogen and oxygen atoms in total. The third kappa shape index (κ3) is 3.63. The van der Waals surface area contributed by atoms with E-state index in [4.69, 9.17) is 0 Å². The highest BCUT2D eigenvalue weighted by molar-refractivity contribution is 9.09. The Morgan fingerprint density at radius 3 is 2.70 bits per heavy atom. The zero-order valence-electron chi connectivity index (χ0n) is 12.4. The molecule has 0 bridgehead atoms. The molecule has 1 aromatic rings. The first-order valence-electron chi connectivity index (χ1n) is 7.56. The number of alkyl halides is 1. The van der Waals surface area contributed by atoms with Gasteiger partial charge in [-0.2, -0.15) is 0 Å². The molecular weight excluding hydrogens is 314 g/mol. The fourth-order valence-corrected chi connectivity index (χ4v) is 3.25. The molecule has 1 aromatic carbocycles. The van der Waals surface area contributed by atoms with Gasteiger partial charge in [0.25, 0.3) is 0 Å². The number of aryl methyl sites for hydroxylation is 1. The molecule has 0 saturated carbocycles. The summed E-state index contributed by atoms with van der Waals surface area (Å²) < 4.78 is 0. The van der Waals surface area contributed by atoms with E-state index in [9.17, 15) is 4.79 Å². The van der Waals surface area contributed by atoms with Gasteiger partial charge in [0.05, 0.1) is 0 Å². The molecule has 20 heavy (non-hydrogen) atoms. The van der Waals surface area contributed by atoms with Crippen molar-refractivity contribution >= 4 is 21.8 Å². The van der Waals surface area contributed by atoms with Crippen LogP contribution in [0, 0.1) is 5.92 Å². The SMILES string of the molecule is CC(C)N(CCCBr)C(=O)C1CCc2ccccc2C1. The summed E-state index contributed by atoms with van der Waals surface area (Å²) in [5, 5.41) is 0.955. The highest BCUT2D eigenvalue weighted by Crippen LogP contribution is 2.27. The molecule has 1 amide bonds. The summed E-state index contributed by atoms with van der Waals surface area (Å²) in [6, 6.07) is 8.83. The Bertz CT molecular complexity index is 458. The topological polar surface area (TPSA) is 20.3 Å². The van der Waals surface area contributed by atoms with Crippen LogP contribution in [-0.4, -0.2) is 28.7 Å². The Kier molecular flexibility index (Phi) is 5.64. The van der Waals surface area contributed by atoms with Crippen molar-refractivity contribution < 1.29 is 4.79 Å². The first-order chi connectivity index (χ1) is 9.63. The number of halogens is 1. The first kappa shape index (κ1) is 15.6. The van der Waals surface area contributed by atoms with Crippen molar-refractivity contribution in [1.82, 2.24) is 4.90 Å². The average molecular weight is 338 g/mol. The van der Waals surface area contributed by atoms with Crippen molar-refractivity contribution in [2.75, 3.05) is 11.9 Å². The molecule has 0 N–H and O–H groups in total. The van der Waals surface area contributed by atoms with Gasteiger partial charge in [-0.25, -0.2) is 0 Å². The van der Waals surface area contributed by atoms with Crippen LogP contribution in [0.1, 0.15) is 37.8 Å². The Morgan fingerprint density at radius 2 is 2.05 bits per heavy atom. The normalized spacial score (nSPS) is 17.9. The number of carbonyl (C=O) groups excluding carboxylic acids is 1. The second-order valence-electron chi connectivity index (χ2n) is 5.88. The van der Waals surface area contributed by atoms with Crippen LogP contribution in [0.25, 0.3) is 0 Å². The van der Waals surface area contributed by atoms with Crippen molar-refractivity contribution in [3.63, 3.8) is 0 Å². The van der Waals surface area contributed by atoms with Crippen LogP contribution in [-0.2, 0) is 17.6 Å². The van der Waals surface area contributed by atoms with E-state index in [1.54, 1.807) is 0 Å². The zero-order chi connectivity index (χ0) is 14.5. The molecule has 0 saturated heterocycles. The van der Waals surface area contributed by atoms with E-state index in [1.807, 2.05) is 0 Å². The molecule has 1 aliphatic rings. The Balaban J connectivity index is 2.06. The number of fused-ring (bicyclic) bond motifs is 1. The van der Waals surface area contributed by atoms with E-state index in [2.05, 4.69) is 58.9 Å². The van der Waals surface area contributed by atoms with Crippen molar-refractivity contribution in [2.45, 2.75) is 45.6 Å². The maximum absolute atomic E-state index is 12.8. The number of rotatable bonds is 5. The van der Waals surface area contributed by atoms with Gasteiger partial charge in [-0.15, -0.1) is 0 Å². The third-order valence-corrected chi connectivity index (χ3v) is 4.70. The predicted molar refractivity (Wildman–Crippen MR) is 87.2 cm³/mol. The van der Waals surface area contributed by atoms with Gasteiger partial charge in [-0.3, -0.25) is 4.79 Å². The van der Waals surface area contributed by atoms with Crippen LogP contribution in [0.4, 0.5) is 0 Å². The summed E-state index contributed by atoms with van der Waals surface area (Å²) in [6.45, 7) is 5.09. The molecule has 1 aliphatic carbocycles. The van der Waals surface area contributed by atoms with Gasteiger partial charge in [0.2, 0.25) is 5.91 Å². The predicted octanol–water partition coefficient (Wildman–Crippen LogP) is 3.81. The van der Waals surface area contributed by atoms with Gasteiger partial charge in [0.15, 0.2) is 0 Å². The first-order valence-corrected chi connectivity index (χ1v) is 8.69. The maximum Gasteiger partial charge on any atom is 0.226 e. The van der Waals surface area contributed by atoms with Gasteiger partial charge in [0.1, 0.15) is 0 Å². The Labute approximate surface area is 130 Å².